The van der Waals surface area contributed by atoms with Gasteiger partial charge in [-0.1, -0.05) is 31.4 Å². The summed E-state index contributed by atoms with van der Waals surface area (Å²) in [7, 11) is 0. The zero-order chi connectivity index (χ0) is 17.8. The highest BCUT2D eigenvalue weighted by atomic mass is 35.5. The van der Waals surface area contributed by atoms with E-state index in [1.54, 1.807) is 22.9 Å². The Morgan fingerprint density at radius 2 is 2.04 bits per heavy atom. The minimum absolute atomic E-state index is 0.0319. The van der Waals surface area contributed by atoms with Gasteiger partial charge in [0, 0.05) is 34.9 Å². The maximum absolute atomic E-state index is 12.2. The second-order valence-corrected chi connectivity index (χ2v) is 6.50. The maximum Gasteiger partial charge on any atom is 0.252 e. The Hall–Kier alpha value is -2.40. The minimum Gasteiger partial charge on any atom is -0.324 e. The molecule has 5 nitrogen and oxygen atoms in total. The highest BCUT2D eigenvalue weighted by Gasteiger charge is 2.07. The third kappa shape index (κ3) is 3.99. The molecule has 0 aliphatic carbocycles. The quantitative estimate of drug-likeness (QED) is 0.651. The van der Waals surface area contributed by atoms with Crippen LogP contribution in [0.25, 0.3) is 11.0 Å². The second-order valence-electron chi connectivity index (χ2n) is 6.09. The van der Waals surface area contributed by atoms with Crippen molar-refractivity contribution in [3.05, 3.63) is 57.5 Å². The first-order valence-electron chi connectivity index (χ1n) is 8.48. The van der Waals surface area contributed by atoms with Gasteiger partial charge in [-0.05, 0) is 43.2 Å². The Morgan fingerprint density at radius 1 is 1.20 bits per heavy atom. The van der Waals surface area contributed by atoms with E-state index in [4.69, 9.17) is 11.6 Å². The summed E-state index contributed by atoms with van der Waals surface area (Å²) >= 11 is 6.06. The first-order valence-corrected chi connectivity index (χ1v) is 8.86. The Balaban J connectivity index is 1.95. The lowest BCUT2D eigenvalue weighted by molar-refractivity contribution is 0.599. The zero-order valence-electron chi connectivity index (χ0n) is 14.4. The number of nitrogens with one attached hydrogen (secondary N) is 1. The van der Waals surface area contributed by atoms with Crippen molar-refractivity contribution in [2.24, 2.45) is 0 Å². The number of unbranched alkanes of at least 4 members (excludes halogenated alkanes) is 2. The van der Waals surface area contributed by atoms with Crippen LogP contribution in [0, 0.1) is 6.92 Å². The molecule has 0 bridgehead atoms. The van der Waals surface area contributed by atoms with Crippen LogP contribution in [-0.2, 0) is 6.54 Å². The van der Waals surface area contributed by atoms with Gasteiger partial charge in [-0.25, -0.2) is 4.98 Å². The van der Waals surface area contributed by atoms with E-state index in [2.05, 4.69) is 22.2 Å². The van der Waals surface area contributed by atoms with Crippen LogP contribution in [0.1, 0.15) is 31.7 Å². The summed E-state index contributed by atoms with van der Waals surface area (Å²) in [5.74, 6) is 0.462. The molecule has 0 aliphatic rings. The number of rotatable bonds is 6. The van der Waals surface area contributed by atoms with Crippen molar-refractivity contribution >= 4 is 34.3 Å². The summed E-state index contributed by atoms with van der Waals surface area (Å²) in [5.41, 5.74) is 2.46. The molecule has 130 valence electrons. The first kappa shape index (κ1) is 17.4. The van der Waals surface area contributed by atoms with Gasteiger partial charge < -0.3 is 5.32 Å². The number of halogens is 1. The van der Waals surface area contributed by atoms with E-state index in [0.717, 1.165) is 40.9 Å². The lowest BCUT2D eigenvalue weighted by Gasteiger charge is -2.11. The first-order chi connectivity index (χ1) is 12.1. The van der Waals surface area contributed by atoms with Crippen LogP contribution in [0.15, 0.2) is 41.3 Å². The van der Waals surface area contributed by atoms with E-state index < -0.39 is 0 Å². The van der Waals surface area contributed by atoms with Crippen molar-refractivity contribution in [2.75, 3.05) is 5.32 Å². The molecule has 0 aliphatic heterocycles. The lowest BCUT2D eigenvalue weighted by atomic mass is 10.2. The van der Waals surface area contributed by atoms with Gasteiger partial charge in [0.25, 0.3) is 5.56 Å². The van der Waals surface area contributed by atoms with Gasteiger partial charge in [-0.2, -0.15) is 4.98 Å². The maximum atomic E-state index is 12.2. The smallest absolute Gasteiger partial charge is 0.252 e. The Morgan fingerprint density at radius 3 is 2.80 bits per heavy atom. The average Bonchev–Trinajstić information content (AvgIpc) is 2.60. The largest absolute Gasteiger partial charge is 0.324 e. The number of fused-ring (bicyclic) bond motifs is 1. The normalized spacial score (nSPS) is 11.0. The van der Waals surface area contributed by atoms with Crippen LogP contribution in [0.5, 0.6) is 0 Å². The molecule has 0 radical (unpaired) electrons. The molecule has 0 spiro atoms. The summed E-state index contributed by atoms with van der Waals surface area (Å²) in [6, 6.07) is 9.00. The van der Waals surface area contributed by atoms with Gasteiger partial charge in [0.15, 0.2) is 0 Å². The van der Waals surface area contributed by atoms with Crippen LogP contribution < -0.4 is 10.9 Å². The molecule has 0 saturated carbocycles. The van der Waals surface area contributed by atoms with Gasteiger partial charge in [0.2, 0.25) is 5.95 Å². The number of nitrogens with zero attached hydrogens (tertiary/aromatic N) is 3. The number of anilines is 2. The number of aryl methyl sites for hydroxylation is 2. The van der Waals surface area contributed by atoms with E-state index >= 15 is 0 Å². The van der Waals surface area contributed by atoms with Crippen LogP contribution in [0.3, 0.4) is 0 Å². The molecular weight excluding hydrogens is 336 g/mol. The summed E-state index contributed by atoms with van der Waals surface area (Å²) in [6.45, 7) is 4.75. The monoisotopic (exact) mass is 356 g/mol. The van der Waals surface area contributed by atoms with E-state index in [0.29, 0.717) is 18.1 Å². The second kappa shape index (κ2) is 7.66. The van der Waals surface area contributed by atoms with E-state index in [1.807, 2.05) is 25.1 Å². The fourth-order valence-corrected chi connectivity index (χ4v) is 2.84. The van der Waals surface area contributed by atoms with Crippen LogP contribution >= 0.6 is 11.6 Å². The number of hydrogen-bond acceptors (Lipinski definition) is 4. The molecule has 0 amide bonds. The van der Waals surface area contributed by atoms with Crippen molar-refractivity contribution in [1.29, 1.82) is 0 Å². The minimum atomic E-state index is -0.0319. The summed E-state index contributed by atoms with van der Waals surface area (Å²) in [6.07, 6.45) is 4.89. The van der Waals surface area contributed by atoms with Crippen molar-refractivity contribution in [1.82, 2.24) is 14.5 Å². The highest BCUT2D eigenvalue weighted by Crippen LogP contribution is 2.22. The molecule has 0 fully saturated rings. The number of aromatic nitrogens is 3. The molecule has 2 aromatic heterocycles. The standard InChI is InChI=1S/C19H21ClN4O/c1-3-4-5-10-24-17(25)9-6-14-12-21-19(23-18(14)24)22-15-7-8-16(20)13(2)11-15/h6-9,11-12H,3-5,10H2,1-2H3,(H,21,22,23). The third-order valence-electron chi connectivity index (χ3n) is 4.12. The molecular formula is C19H21ClN4O. The van der Waals surface area contributed by atoms with E-state index in [9.17, 15) is 4.79 Å². The topological polar surface area (TPSA) is 59.8 Å². The van der Waals surface area contributed by atoms with Crippen molar-refractivity contribution in [3.63, 3.8) is 0 Å². The fraction of sp³-hybridized carbons (Fsp3) is 0.316. The van der Waals surface area contributed by atoms with E-state index in [1.165, 1.54) is 0 Å². The Bertz CT molecular complexity index is 952. The van der Waals surface area contributed by atoms with E-state index in [-0.39, 0.29) is 5.56 Å². The Kier molecular flexibility index (Phi) is 5.34. The van der Waals surface area contributed by atoms with Crippen LogP contribution in [-0.4, -0.2) is 14.5 Å². The van der Waals surface area contributed by atoms with Gasteiger partial charge in [-0.15, -0.1) is 0 Å². The molecule has 0 atom stereocenters. The molecule has 1 aromatic carbocycles. The SMILES string of the molecule is CCCCCn1c(=O)ccc2cnc(Nc3ccc(Cl)c(C)c3)nc21. The molecule has 2 heterocycles. The summed E-state index contributed by atoms with van der Waals surface area (Å²) < 4.78 is 1.73. The third-order valence-corrected chi connectivity index (χ3v) is 4.55. The molecule has 0 saturated heterocycles. The van der Waals surface area contributed by atoms with Crippen LogP contribution in [0.2, 0.25) is 5.02 Å². The average molecular weight is 357 g/mol. The van der Waals surface area contributed by atoms with Crippen molar-refractivity contribution in [3.8, 4) is 0 Å². The fourth-order valence-electron chi connectivity index (χ4n) is 2.72. The molecule has 1 N–H and O–H groups in total. The van der Waals surface area contributed by atoms with Crippen LogP contribution in [0.4, 0.5) is 11.6 Å². The van der Waals surface area contributed by atoms with Gasteiger partial charge in [0.1, 0.15) is 5.65 Å². The summed E-state index contributed by atoms with van der Waals surface area (Å²) in [4.78, 5) is 21.2. The highest BCUT2D eigenvalue weighted by molar-refractivity contribution is 6.31. The van der Waals surface area contributed by atoms with Gasteiger partial charge in [0.05, 0.1) is 0 Å². The molecule has 3 rings (SSSR count). The Labute approximate surface area is 151 Å². The zero-order valence-corrected chi connectivity index (χ0v) is 15.2. The van der Waals surface area contributed by atoms with Crippen molar-refractivity contribution in [2.45, 2.75) is 39.7 Å². The number of hydrogen-bond donors (Lipinski definition) is 1. The summed E-state index contributed by atoms with van der Waals surface area (Å²) in [5, 5.41) is 4.75. The van der Waals surface area contributed by atoms with Crippen molar-refractivity contribution < 1.29 is 0 Å². The number of pyridine rings is 1. The predicted octanol–water partition coefficient (Wildman–Crippen LogP) is 4.69. The molecule has 25 heavy (non-hydrogen) atoms. The number of benzene rings is 1. The van der Waals surface area contributed by atoms with Gasteiger partial charge >= 0.3 is 0 Å². The van der Waals surface area contributed by atoms with Gasteiger partial charge in [-0.3, -0.25) is 9.36 Å². The molecule has 6 heteroatoms. The molecule has 3 aromatic rings. The predicted molar refractivity (Wildman–Crippen MR) is 103 cm³/mol. The lowest BCUT2D eigenvalue weighted by Crippen LogP contribution is -2.20. The molecule has 0 unspecified atom stereocenters.